The summed E-state index contributed by atoms with van der Waals surface area (Å²) < 4.78 is 1.03. The Morgan fingerprint density at radius 1 is 1.29 bits per heavy atom. The highest BCUT2D eigenvalue weighted by Crippen LogP contribution is 2.26. The summed E-state index contributed by atoms with van der Waals surface area (Å²) in [5.41, 5.74) is 5.62. The van der Waals surface area contributed by atoms with Gasteiger partial charge in [0.25, 0.3) is 0 Å². The van der Waals surface area contributed by atoms with Gasteiger partial charge in [0.05, 0.1) is 10.4 Å². The lowest BCUT2D eigenvalue weighted by molar-refractivity contribution is -0.121. The van der Waals surface area contributed by atoms with Crippen molar-refractivity contribution in [2.24, 2.45) is 11.1 Å². The highest BCUT2D eigenvalue weighted by atomic mass is 79.9. The topological polar surface area (TPSA) is 55.1 Å². The molecule has 3 nitrogen and oxygen atoms in total. The first-order chi connectivity index (χ1) is 9.86. The van der Waals surface area contributed by atoms with Gasteiger partial charge in [0.1, 0.15) is 0 Å². The predicted octanol–water partition coefficient (Wildman–Crippen LogP) is 4.24. The molecule has 0 bridgehead atoms. The number of rotatable bonds is 4. The number of carbonyl (C=O) groups is 1. The van der Waals surface area contributed by atoms with Crippen LogP contribution in [0, 0.1) is 5.41 Å². The molecule has 0 saturated heterocycles. The molecule has 0 aliphatic rings. The van der Waals surface area contributed by atoms with Crippen LogP contribution in [0.15, 0.2) is 40.9 Å². The van der Waals surface area contributed by atoms with E-state index in [2.05, 4.69) is 21.2 Å². The van der Waals surface area contributed by atoms with E-state index in [0.717, 1.165) is 20.9 Å². The number of halogens is 1. The lowest BCUT2D eigenvalue weighted by Crippen LogP contribution is -2.43. The number of hydrogen-bond acceptors (Lipinski definition) is 2. The number of thiocarbonyl (C=S) groups is 1. The SMILES string of the molecule is CCC(C)(C(=O)Nc1ccc2cc(Br)ccc2c1)C(N)=S. The molecule has 0 fully saturated rings. The van der Waals surface area contributed by atoms with Crippen molar-refractivity contribution in [3.05, 3.63) is 40.9 Å². The van der Waals surface area contributed by atoms with Crippen LogP contribution in [-0.4, -0.2) is 10.9 Å². The van der Waals surface area contributed by atoms with Crippen molar-refractivity contribution in [1.82, 2.24) is 0 Å². The first kappa shape index (κ1) is 15.9. The van der Waals surface area contributed by atoms with Crippen LogP contribution in [0.5, 0.6) is 0 Å². The quantitative estimate of drug-likeness (QED) is 0.797. The van der Waals surface area contributed by atoms with Crippen LogP contribution in [0.2, 0.25) is 0 Å². The van der Waals surface area contributed by atoms with Crippen LogP contribution in [0.1, 0.15) is 20.3 Å². The number of hydrogen-bond donors (Lipinski definition) is 2. The summed E-state index contributed by atoms with van der Waals surface area (Å²) in [5, 5.41) is 5.07. The molecule has 2 rings (SSSR count). The Labute approximate surface area is 138 Å². The van der Waals surface area contributed by atoms with Crippen LogP contribution in [0.3, 0.4) is 0 Å². The van der Waals surface area contributed by atoms with Gasteiger partial charge in [-0.25, -0.2) is 0 Å². The highest BCUT2D eigenvalue weighted by molar-refractivity contribution is 9.10. The minimum atomic E-state index is -0.829. The van der Waals surface area contributed by atoms with Crippen LogP contribution >= 0.6 is 28.1 Å². The molecule has 0 heterocycles. The second-order valence-corrected chi connectivity index (χ2v) is 6.57. The number of benzene rings is 2. The molecule has 2 aromatic rings. The van der Waals surface area contributed by atoms with E-state index in [0.29, 0.717) is 6.42 Å². The van der Waals surface area contributed by atoms with E-state index in [1.807, 2.05) is 43.3 Å². The summed E-state index contributed by atoms with van der Waals surface area (Å²) in [4.78, 5) is 12.6. The number of nitrogens with one attached hydrogen (secondary N) is 1. The highest BCUT2D eigenvalue weighted by Gasteiger charge is 2.34. The predicted molar refractivity (Wildman–Crippen MR) is 95.5 cm³/mol. The zero-order valence-corrected chi connectivity index (χ0v) is 14.3. The smallest absolute Gasteiger partial charge is 0.237 e. The summed E-state index contributed by atoms with van der Waals surface area (Å²) in [6.45, 7) is 3.67. The van der Waals surface area contributed by atoms with Crippen molar-refractivity contribution in [2.45, 2.75) is 20.3 Å². The Balaban J connectivity index is 2.29. The maximum atomic E-state index is 12.4. The standard InChI is InChI=1S/C16H17BrN2OS/c1-3-16(2,14(18)21)15(20)19-13-7-5-10-8-12(17)6-4-11(10)9-13/h4-9H,3H2,1-2H3,(H2,18,21)(H,19,20). The average molecular weight is 365 g/mol. The van der Waals surface area contributed by atoms with Gasteiger partial charge < -0.3 is 11.1 Å². The molecule has 0 aliphatic heterocycles. The zero-order valence-electron chi connectivity index (χ0n) is 11.9. The van der Waals surface area contributed by atoms with E-state index in [-0.39, 0.29) is 10.9 Å². The summed E-state index contributed by atoms with van der Waals surface area (Å²) in [5.74, 6) is -0.172. The third kappa shape index (κ3) is 3.24. The van der Waals surface area contributed by atoms with Crippen LogP contribution < -0.4 is 11.1 Å². The van der Waals surface area contributed by atoms with Gasteiger partial charge in [-0.3, -0.25) is 4.79 Å². The van der Waals surface area contributed by atoms with Crippen molar-refractivity contribution >= 4 is 55.5 Å². The van der Waals surface area contributed by atoms with Gasteiger partial charge in [0, 0.05) is 10.2 Å². The van der Waals surface area contributed by atoms with E-state index in [1.54, 1.807) is 6.92 Å². The van der Waals surface area contributed by atoms with Gasteiger partial charge in [-0.1, -0.05) is 47.2 Å². The summed E-state index contributed by atoms with van der Waals surface area (Å²) in [6, 6.07) is 11.8. The number of anilines is 1. The van der Waals surface area contributed by atoms with Crippen molar-refractivity contribution in [3.8, 4) is 0 Å². The van der Waals surface area contributed by atoms with E-state index < -0.39 is 5.41 Å². The Kier molecular flexibility index (Phi) is 4.64. The van der Waals surface area contributed by atoms with Crippen LogP contribution in [0.25, 0.3) is 10.8 Å². The molecule has 5 heteroatoms. The third-order valence-electron chi connectivity index (χ3n) is 3.81. The molecular weight excluding hydrogens is 348 g/mol. The fourth-order valence-corrected chi connectivity index (χ4v) is 2.63. The normalized spacial score (nSPS) is 13.7. The fraction of sp³-hybridized carbons (Fsp3) is 0.250. The molecule has 0 aliphatic carbocycles. The second kappa shape index (κ2) is 6.12. The van der Waals surface area contributed by atoms with Gasteiger partial charge in [-0.15, -0.1) is 0 Å². The minimum absolute atomic E-state index is 0.172. The fourth-order valence-electron chi connectivity index (χ4n) is 2.01. The lowest BCUT2D eigenvalue weighted by atomic mass is 9.86. The number of fused-ring (bicyclic) bond motifs is 1. The summed E-state index contributed by atoms with van der Waals surface area (Å²) in [7, 11) is 0. The molecule has 1 amide bonds. The minimum Gasteiger partial charge on any atom is -0.392 e. The largest absolute Gasteiger partial charge is 0.392 e. The Bertz CT molecular complexity index is 716. The third-order valence-corrected chi connectivity index (χ3v) is 4.76. The van der Waals surface area contributed by atoms with Gasteiger partial charge in [0.15, 0.2) is 0 Å². The molecule has 2 aromatic carbocycles. The van der Waals surface area contributed by atoms with Crippen LogP contribution in [0.4, 0.5) is 5.69 Å². The molecule has 0 saturated carbocycles. The first-order valence-corrected chi connectivity index (χ1v) is 7.87. The molecule has 1 unspecified atom stereocenters. The zero-order chi connectivity index (χ0) is 15.6. The summed E-state index contributed by atoms with van der Waals surface area (Å²) >= 11 is 8.47. The monoisotopic (exact) mass is 364 g/mol. The van der Waals surface area contributed by atoms with E-state index in [1.165, 1.54) is 0 Å². The van der Waals surface area contributed by atoms with Crippen molar-refractivity contribution in [1.29, 1.82) is 0 Å². The van der Waals surface area contributed by atoms with Gasteiger partial charge in [-0.05, 0) is 48.4 Å². The maximum Gasteiger partial charge on any atom is 0.237 e. The molecule has 110 valence electrons. The van der Waals surface area contributed by atoms with Gasteiger partial charge >= 0.3 is 0 Å². The maximum absolute atomic E-state index is 12.4. The molecule has 0 spiro atoms. The Morgan fingerprint density at radius 2 is 1.90 bits per heavy atom. The Morgan fingerprint density at radius 3 is 2.52 bits per heavy atom. The van der Waals surface area contributed by atoms with E-state index in [9.17, 15) is 4.79 Å². The van der Waals surface area contributed by atoms with Crippen molar-refractivity contribution in [3.63, 3.8) is 0 Å². The molecule has 0 radical (unpaired) electrons. The second-order valence-electron chi connectivity index (χ2n) is 5.21. The van der Waals surface area contributed by atoms with Crippen molar-refractivity contribution in [2.75, 3.05) is 5.32 Å². The number of amides is 1. The molecular formula is C16H17BrN2OS. The first-order valence-electron chi connectivity index (χ1n) is 6.67. The van der Waals surface area contributed by atoms with Crippen molar-refractivity contribution < 1.29 is 4.79 Å². The lowest BCUT2D eigenvalue weighted by Gasteiger charge is -2.25. The molecule has 1 atom stereocenters. The van der Waals surface area contributed by atoms with Gasteiger partial charge in [-0.2, -0.15) is 0 Å². The van der Waals surface area contributed by atoms with E-state index >= 15 is 0 Å². The molecule has 21 heavy (non-hydrogen) atoms. The Hall–Kier alpha value is -1.46. The van der Waals surface area contributed by atoms with E-state index in [4.69, 9.17) is 18.0 Å². The molecule has 3 N–H and O–H groups in total. The molecule has 0 aromatic heterocycles. The van der Waals surface area contributed by atoms with Crippen LogP contribution in [-0.2, 0) is 4.79 Å². The average Bonchev–Trinajstić information content (AvgIpc) is 2.46. The number of carbonyl (C=O) groups excluding carboxylic acids is 1. The van der Waals surface area contributed by atoms with Gasteiger partial charge in [0.2, 0.25) is 5.91 Å². The number of nitrogens with two attached hydrogens (primary N) is 1. The summed E-state index contributed by atoms with van der Waals surface area (Å²) in [6.07, 6.45) is 0.564.